The molecule has 2 aromatic carbocycles. The quantitative estimate of drug-likeness (QED) is 0.279. The number of ketones is 1. The van der Waals surface area contributed by atoms with Crippen molar-refractivity contribution in [3.05, 3.63) is 69.0 Å². The highest BCUT2D eigenvalue weighted by Crippen LogP contribution is 2.22. The summed E-state index contributed by atoms with van der Waals surface area (Å²) in [6, 6.07) is 10.7. The Balaban J connectivity index is 1.97. The molecule has 0 bridgehead atoms. The minimum absolute atomic E-state index is 0.00404. The number of thioether (sulfide) groups is 1. The Morgan fingerprint density at radius 1 is 1.12 bits per heavy atom. The molecule has 0 aliphatic heterocycles. The van der Waals surface area contributed by atoms with Crippen molar-refractivity contribution in [1.82, 2.24) is 14.9 Å². The zero-order valence-corrected chi connectivity index (χ0v) is 20.7. The third-order valence-electron chi connectivity index (χ3n) is 5.28. The summed E-state index contributed by atoms with van der Waals surface area (Å²) in [6.07, 6.45) is 0.840. The van der Waals surface area contributed by atoms with Crippen molar-refractivity contribution in [3.63, 3.8) is 0 Å². The molecule has 7 heteroatoms. The van der Waals surface area contributed by atoms with Crippen LogP contribution in [0, 0.1) is 19.8 Å². The van der Waals surface area contributed by atoms with E-state index < -0.39 is 0 Å². The largest absolute Gasteiger partial charge is 0.352 e. The first-order chi connectivity index (χ1) is 15.7. The molecule has 3 rings (SSSR count). The molecule has 1 N–H and O–H groups in total. The average molecular weight is 466 g/mol. The molecule has 0 spiro atoms. The van der Waals surface area contributed by atoms with Gasteiger partial charge in [0, 0.05) is 24.2 Å². The molecule has 1 amide bonds. The molecule has 0 unspecified atom stereocenters. The SMILES string of the molecule is CCCNC(=O)c1ccc2c(=O)n(CC(C)C)c(SCC(=O)c3ccc(C)cc3C)nc2c1. The van der Waals surface area contributed by atoms with Crippen LogP contribution in [0.3, 0.4) is 0 Å². The molecular formula is C26H31N3O3S. The maximum Gasteiger partial charge on any atom is 0.262 e. The average Bonchev–Trinajstić information content (AvgIpc) is 2.77. The molecule has 3 aromatic rings. The van der Waals surface area contributed by atoms with Gasteiger partial charge in [-0.3, -0.25) is 19.0 Å². The summed E-state index contributed by atoms with van der Waals surface area (Å²) < 4.78 is 1.64. The second-order valence-corrected chi connectivity index (χ2v) is 9.66. The lowest BCUT2D eigenvalue weighted by Crippen LogP contribution is -2.27. The number of hydrogen-bond donors (Lipinski definition) is 1. The Morgan fingerprint density at radius 2 is 1.88 bits per heavy atom. The van der Waals surface area contributed by atoms with Gasteiger partial charge in [-0.25, -0.2) is 4.98 Å². The third-order valence-corrected chi connectivity index (χ3v) is 6.26. The number of carbonyl (C=O) groups is 2. The Kier molecular flexibility index (Phi) is 8.08. The number of fused-ring (bicyclic) bond motifs is 1. The fraction of sp³-hybridized carbons (Fsp3) is 0.385. The second-order valence-electron chi connectivity index (χ2n) is 8.72. The van der Waals surface area contributed by atoms with E-state index in [1.165, 1.54) is 11.8 Å². The molecule has 33 heavy (non-hydrogen) atoms. The molecule has 0 aliphatic carbocycles. The number of aryl methyl sites for hydroxylation is 2. The van der Waals surface area contributed by atoms with Crippen LogP contribution in [0.15, 0.2) is 46.3 Å². The number of carbonyl (C=O) groups excluding carboxylic acids is 2. The van der Waals surface area contributed by atoms with E-state index in [0.29, 0.717) is 40.3 Å². The summed E-state index contributed by atoms with van der Waals surface area (Å²) in [4.78, 5) is 43.2. The van der Waals surface area contributed by atoms with E-state index in [2.05, 4.69) is 5.32 Å². The number of rotatable bonds is 9. The second kappa shape index (κ2) is 10.8. The molecule has 6 nitrogen and oxygen atoms in total. The number of nitrogens with one attached hydrogen (secondary N) is 1. The predicted molar refractivity (Wildman–Crippen MR) is 134 cm³/mol. The van der Waals surface area contributed by atoms with Gasteiger partial charge in [0.2, 0.25) is 0 Å². The maximum atomic E-state index is 13.3. The summed E-state index contributed by atoms with van der Waals surface area (Å²) in [6.45, 7) is 11.1. The highest BCUT2D eigenvalue weighted by atomic mass is 32.2. The van der Waals surface area contributed by atoms with E-state index >= 15 is 0 Å². The molecule has 0 saturated heterocycles. The van der Waals surface area contributed by atoms with Crippen molar-refractivity contribution in [2.75, 3.05) is 12.3 Å². The fourth-order valence-electron chi connectivity index (χ4n) is 3.65. The van der Waals surface area contributed by atoms with E-state index in [1.807, 2.05) is 52.8 Å². The number of benzene rings is 2. The third kappa shape index (κ3) is 5.90. The molecule has 0 atom stereocenters. The van der Waals surface area contributed by atoms with Crippen LogP contribution in [0.1, 0.15) is 59.0 Å². The van der Waals surface area contributed by atoms with Gasteiger partial charge < -0.3 is 5.32 Å². The molecule has 1 aromatic heterocycles. The first-order valence-electron chi connectivity index (χ1n) is 11.3. The molecule has 174 valence electrons. The Hall–Kier alpha value is -2.93. The van der Waals surface area contributed by atoms with Crippen LogP contribution in [0.5, 0.6) is 0 Å². The van der Waals surface area contributed by atoms with Crippen molar-refractivity contribution < 1.29 is 9.59 Å². The molecule has 0 saturated carbocycles. The van der Waals surface area contributed by atoms with Crippen LogP contribution in [0.4, 0.5) is 0 Å². The van der Waals surface area contributed by atoms with E-state index in [-0.39, 0.29) is 28.9 Å². The Labute approximate surface area is 198 Å². The molecule has 1 heterocycles. The minimum Gasteiger partial charge on any atom is -0.352 e. The number of amides is 1. The normalized spacial score (nSPS) is 11.2. The highest BCUT2D eigenvalue weighted by molar-refractivity contribution is 7.99. The summed E-state index contributed by atoms with van der Waals surface area (Å²) in [5.41, 5.74) is 3.50. The molecule has 0 fully saturated rings. The van der Waals surface area contributed by atoms with Gasteiger partial charge in [0.25, 0.3) is 11.5 Å². The smallest absolute Gasteiger partial charge is 0.262 e. The van der Waals surface area contributed by atoms with Gasteiger partial charge >= 0.3 is 0 Å². The van der Waals surface area contributed by atoms with Crippen molar-refractivity contribution in [3.8, 4) is 0 Å². The van der Waals surface area contributed by atoms with Gasteiger partial charge in [0.15, 0.2) is 10.9 Å². The van der Waals surface area contributed by atoms with Crippen molar-refractivity contribution in [2.24, 2.45) is 5.92 Å². The molecule has 0 radical (unpaired) electrons. The molecule has 0 aliphatic rings. The van der Waals surface area contributed by atoms with Gasteiger partial charge in [-0.05, 0) is 49.9 Å². The number of nitrogens with zero attached hydrogens (tertiary/aromatic N) is 2. The first-order valence-corrected chi connectivity index (χ1v) is 12.3. The number of hydrogen-bond acceptors (Lipinski definition) is 5. The van der Waals surface area contributed by atoms with E-state index in [9.17, 15) is 14.4 Å². The van der Waals surface area contributed by atoms with Gasteiger partial charge in [-0.15, -0.1) is 0 Å². The van der Waals surface area contributed by atoms with E-state index in [0.717, 1.165) is 17.5 Å². The number of Topliss-reactive ketones (excluding diaryl/α,β-unsaturated/α-hetero) is 1. The van der Waals surface area contributed by atoms with E-state index in [1.54, 1.807) is 22.8 Å². The van der Waals surface area contributed by atoms with Crippen molar-refractivity contribution >= 4 is 34.4 Å². The lowest BCUT2D eigenvalue weighted by atomic mass is 10.0. The van der Waals surface area contributed by atoms with Crippen LogP contribution >= 0.6 is 11.8 Å². The first kappa shape index (κ1) is 24.7. The number of aromatic nitrogens is 2. The topological polar surface area (TPSA) is 81.1 Å². The monoisotopic (exact) mass is 465 g/mol. The lowest BCUT2D eigenvalue weighted by molar-refractivity contribution is 0.0952. The Morgan fingerprint density at radius 3 is 2.55 bits per heavy atom. The van der Waals surface area contributed by atoms with Crippen molar-refractivity contribution in [1.29, 1.82) is 0 Å². The molecular weight excluding hydrogens is 434 g/mol. The van der Waals surface area contributed by atoms with Crippen LogP contribution in [-0.2, 0) is 6.54 Å². The van der Waals surface area contributed by atoms with Gasteiger partial charge in [0.1, 0.15) is 0 Å². The van der Waals surface area contributed by atoms with Gasteiger partial charge in [-0.2, -0.15) is 0 Å². The maximum absolute atomic E-state index is 13.3. The Bertz CT molecular complexity index is 1250. The van der Waals surface area contributed by atoms with E-state index in [4.69, 9.17) is 4.98 Å². The zero-order valence-electron chi connectivity index (χ0n) is 19.9. The zero-order chi connectivity index (χ0) is 24.1. The predicted octanol–water partition coefficient (Wildman–Crippen LogP) is 4.78. The van der Waals surface area contributed by atoms with Crippen LogP contribution in [-0.4, -0.2) is 33.5 Å². The van der Waals surface area contributed by atoms with Crippen molar-refractivity contribution in [2.45, 2.75) is 52.7 Å². The fourth-order valence-corrected chi connectivity index (χ4v) is 4.55. The van der Waals surface area contributed by atoms with Crippen LogP contribution in [0.25, 0.3) is 10.9 Å². The summed E-state index contributed by atoms with van der Waals surface area (Å²) in [5.74, 6) is 0.216. The highest BCUT2D eigenvalue weighted by Gasteiger charge is 2.17. The van der Waals surface area contributed by atoms with Crippen LogP contribution < -0.4 is 10.9 Å². The summed E-state index contributed by atoms with van der Waals surface area (Å²) >= 11 is 1.26. The van der Waals surface area contributed by atoms with Gasteiger partial charge in [-0.1, -0.05) is 56.3 Å². The minimum atomic E-state index is -0.189. The standard InChI is InChI=1S/C26H31N3O3S/c1-6-11-27-24(31)19-8-10-21-22(13-19)28-26(29(25(21)32)14-16(2)3)33-15-23(30)20-9-7-17(4)12-18(20)5/h7-10,12-13,16H,6,11,14-15H2,1-5H3,(H,27,31). The summed E-state index contributed by atoms with van der Waals surface area (Å²) in [7, 11) is 0. The lowest BCUT2D eigenvalue weighted by Gasteiger charge is -2.15. The van der Waals surface area contributed by atoms with Crippen LogP contribution in [0.2, 0.25) is 0 Å². The summed E-state index contributed by atoms with van der Waals surface area (Å²) in [5, 5.41) is 3.80. The van der Waals surface area contributed by atoms with Gasteiger partial charge in [0.05, 0.1) is 16.7 Å².